The number of hydrogen-bond donors (Lipinski definition) is 0. The Hall–Kier alpha value is -4.13. The van der Waals surface area contributed by atoms with Gasteiger partial charge in [-0.2, -0.15) is 0 Å². The summed E-state index contributed by atoms with van der Waals surface area (Å²) in [6.45, 7) is 1.92. The molecule has 0 N–H and O–H groups in total. The standard InChI is InChI=1S/C23H17NO6/c1-14-6-3-4-7-16(14)21-24-17(22(25)30-21)12-15-9-10-18(20(13-15)27-2)29-23(26)19-8-5-11-28-19/h3-13H,1-2H3/b17-12-. The van der Waals surface area contributed by atoms with E-state index < -0.39 is 11.9 Å². The number of cyclic esters (lactones) is 1. The Kier molecular flexibility index (Phi) is 5.17. The third-order valence-corrected chi connectivity index (χ3v) is 4.41. The van der Waals surface area contributed by atoms with Crippen molar-refractivity contribution in [3.8, 4) is 11.5 Å². The molecule has 0 bridgehead atoms. The van der Waals surface area contributed by atoms with E-state index in [0.717, 1.165) is 11.1 Å². The number of hydrogen-bond acceptors (Lipinski definition) is 7. The van der Waals surface area contributed by atoms with E-state index >= 15 is 0 Å². The van der Waals surface area contributed by atoms with E-state index in [1.54, 1.807) is 30.3 Å². The molecule has 1 aromatic heterocycles. The van der Waals surface area contributed by atoms with E-state index in [-0.39, 0.29) is 23.1 Å². The maximum Gasteiger partial charge on any atom is 0.379 e. The zero-order valence-electron chi connectivity index (χ0n) is 16.2. The molecule has 1 aliphatic rings. The predicted octanol–water partition coefficient (Wildman–Crippen LogP) is 4.16. The van der Waals surface area contributed by atoms with Crippen molar-refractivity contribution < 1.29 is 28.2 Å². The van der Waals surface area contributed by atoms with Gasteiger partial charge in [0.05, 0.1) is 13.4 Å². The first-order valence-corrected chi connectivity index (χ1v) is 9.07. The molecule has 2 heterocycles. The van der Waals surface area contributed by atoms with Gasteiger partial charge in [0.15, 0.2) is 17.2 Å². The van der Waals surface area contributed by atoms with E-state index in [0.29, 0.717) is 11.3 Å². The Labute approximate surface area is 172 Å². The zero-order chi connectivity index (χ0) is 21.1. The van der Waals surface area contributed by atoms with Crippen molar-refractivity contribution in [2.45, 2.75) is 6.92 Å². The first-order chi connectivity index (χ1) is 14.5. The SMILES string of the molecule is COc1cc(/C=C2\N=C(c3ccccc3C)OC2=O)ccc1OC(=O)c1ccco1. The minimum absolute atomic E-state index is 0.0787. The number of benzene rings is 2. The summed E-state index contributed by atoms with van der Waals surface area (Å²) >= 11 is 0. The number of esters is 2. The molecule has 0 aliphatic carbocycles. The van der Waals surface area contributed by atoms with Gasteiger partial charge in [-0.05, 0) is 54.5 Å². The number of methoxy groups -OCH3 is 1. The summed E-state index contributed by atoms with van der Waals surface area (Å²) in [4.78, 5) is 28.7. The van der Waals surface area contributed by atoms with Gasteiger partial charge in [-0.25, -0.2) is 14.6 Å². The van der Waals surface area contributed by atoms with Crippen molar-refractivity contribution >= 4 is 23.9 Å². The second-order valence-corrected chi connectivity index (χ2v) is 6.43. The molecule has 3 aromatic rings. The number of nitrogens with zero attached hydrogens (tertiary/aromatic N) is 1. The summed E-state index contributed by atoms with van der Waals surface area (Å²) in [6.07, 6.45) is 2.96. The van der Waals surface area contributed by atoms with Crippen LogP contribution in [0.15, 0.2) is 76.0 Å². The molecule has 150 valence electrons. The molecule has 0 fully saturated rings. The molecule has 0 saturated carbocycles. The van der Waals surface area contributed by atoms with Crippen LogP contribution in [0.5, 0.6) is 11.5 Å². The second-order valence-electron chi connectivity index (χ2n) is 6.43. The summed E-state index contributed by atoms with van der Waals surface area (Å²) in [7, 11) is 1.45. The molecule has 0 amide bonds. The van der Waals surface area contributed by atoms with E-state index in [1.165, 1.54) is 19.4 Å². The van der Waals surface area contributed by atoms with Crippen LogP contribution in [-0.4, -0.2) is 24.9 Å². The Morgan fingerprint density at radius 3 is 2.63 bits per heavy atom. The summed E-state index contributed by atoms with van der Waals surface area (Å²) in [5, 5.41) is 0. The van der Waals surface area contributed by atoms with Gasteiger partial charge in [-0.1, -0.05) is 24.3 Å². The molecule has 7 nitrogen and oxygen atoms in total. The molecule has 0 saturated heterocycles. The van der Waals surface area contributed by atoms with Crippen LogP contribution >= 0.6 is 0 Å². The predicted molar refractivity (Wildman–Crippen MR) is 108 cm³/mol. The lowest BCUT2D eigenvalue weighted by Crippen LogP contribution is -2.08. The maximum absolute atomic E-state index is 12.3. The average molecular weight is 403 g/mol. The smallest absolute Gasteiger partial charge is 0.379 e. The van der Waals surface area contributed by atoms with Gasteiger partial charge in [-0.15, -0.1) is 0 Å². The molecule has 0 unspecified atom stereocenters. The van der Waals surface area contributed by atoms with Crippen LogP contribution in [0.25, 0.3) is 6.08 Å². The Bertz CT molecular complexity index is 1170. The number of carbonyl (C=O) groups is 2. The number of furan rings is 1. The average Bonchev–Trinajstić information content (AvgIpc) is 3.40. The first kappa shape index (κ1) is 19.2. The summed E-state index contributed by atoms with van der Waals surface area (Å²) in [5.74, 6) is -0.301. The fourth-order valence-corrected chi connectivity index (χ4v) is 2.90. The molecule has 7 heteroatoms. The van der Waals surface area contributed by atoms with Crippen LogP contribution < -0.4 is 9.47 Å². The van der Waals surface area contributed by atoms with E-state index in [2.05, 4.69) is 4.99 Å². The molecule has 4 rings (SSSR count). The van der Waals surface area contributed by atoms with Crippen molar-refractivity contribution in [1.29, 1.82) is 0 Å². The van der Waals surface area contributed by atoms with Gasteiger partial charge in [-0.3, -0.25) is 0 Å². The monoisotopic (exact) mass is 403 g/mol. The third kappa shape index (κ3) is 3.86. The lowest BCUT2D eigenvalue weighted by molar-refractivity contribution is -0.129. The highest BCUT2D eigenvalue weighted by atomic mass is 16.6. The van der Waals surface area contributed by atoms with Crippen molar-refractivity contribution in [1.82, 2.24) is 0 Å². The number of carbonyl (C=O) groups excluding carboxylic acids is 2. The highest BCUT2D eigenvalue weighted by Gasteiger charge is 2.25. The molecule has 0 atom stereocenters. The zero-order valence-corrected chi connectivity index (χ0v) is 16.2. The molecule has 0 radical (unpaired) electrons. The summed E-state index contributed by atoms with van der Waals surface area (Å²) < 4.78 is 21.0. The van der Waals surface area contributed by atoms with Crippen LogP contribution in [0.3, 0.4) is 0 Å². The van der Waals surface area contributed by atoms with Crippen LogP contribution in [0.2, 0.25) is 0 Å². The van der Waals surface area contributed by atoms with Gasteiger partial charge in [0.1, 0.15) is 0 Å². The molecule has 0 spiro atoms. The summed E-state index contributed by atoms with van der Waals surface area (Å²) in [5.41, 5.74) is 2.50. The minimum atomic E-state index is -0.642. The van der Waals surface area contributed by atoms with Crippen LogP contribution in [0, 0.1) is 6.92 Å². The van der Waals surface area contributed by atoms with Gasteiger partial charge in [0, 0.05) is 5.56 Å². The number of aryl methyl sites for hydroxylation is 1. The Morgan fingerprint density at radius 2 is 1.90 bits per heavy atom. The molecule has 30 heavy (non-hydrogen) atoms. The highest BCUT2D eigenvalue weighted by molar-refractivity contribution is 6.13. The number of ether oxygens (including phenoxy) is 3. The fourth-order valence-electron chi connectivity index (χ4n) is 2.90. The Balaban J connectivity index is 1.60. The highest BCUT2D eigenvalue weighted by Crippen LogP contribution is 2.30. The molecular weight excluding hydrogens is 386 g/mol. The van der Waals surface area contributed by atoms with Crippen molar-refractivity contribution in [2.75, 3.05) is 7.11 Å². The van der Waals surface area contributed by atoms with Crippen LogP contribution in [-0.2, 0) is 9.53 Å². The third-order valence-electron chi connectivity index (χ3n) is 4.41. The molecule has 2 aromatic carbocycles. The topological polar surface area (TPSA) is 87.3 Å². The van der Waals surface area contributed by atoms with E-state index in [9.17, 15) is 9.59 Å². The minimum Gasteiger partial charge on any atom is -0.493 e. The normalized spacial score (nSPS) is 14.4. The van der Waals surface area contributed by atoms with Gasteiger partial charge < -0.3 is 18.6 Å². The van der Waals surface area contributed by atoms with Gasteiger partial charge in [0.2, 0.25) is 11.7 Å². The maximum atomic E-state index is 12.3. The first-order valence-electron chi connectivity index (χ1n) is 9.07. The van der Waals surface area contributed by atoms with Crippen molar-refractivity contribution in [3.63, 3.8) is 0 Å². The Morgan fingerprint density at radius 1 is 1.07 bits per heavy atom. The largest absolute Gasteiger partial charge is 0.493 e. The van der Waals surface area contributed by atoms with Gasteiger partial charge >= 0.3 is 11.9 Å². The van der Waals surface area contributed by atoms with E-state index in [1.807, 2.05) is 31.2 Å². The summed E-state index contributed by atoms with van der Waals surface area (Å²) in [6, 6.07) is 15.5. The molecular formula is C23H17NO6. The van der Waals surface area contributed by atoms with Crippen molar-refractivity contribution in [2.24, 2.45) is 4.99 Å². The lowest BCUT2D eigenvalue weighted by atomic mass is 10.1. The van der Waals surface area contributed by atoms with Gasteiger partial charge in [0.25, 0.3) is 0 Å². The van der Waals surface area contributed by atoms with Crippen molar-refractivity contribution in [3.05, 3.63) is 89.0 Å². The van der Waals surface area contributed by atoms with E-state index in [4.69, 9.17) is 18.6 Å². The number of aliphatic imine (C=N–C) groups is 1. The molecule has 1 aliphatic heterocycles. The fraction of sp³-hybridized carbons (Fsp3) is 0.0870. The van der Waals surface area contributed by atoms with Crippen LogP contribution in [0.4, 0.5) is 0 Å². The number of rotatable bonds is 5. The lowest BCUT2D eigenvalue weighted by Gasteiger charge is -2.09. The van der Waals surface area contributed by atoms with Crippen LogP contribution in [0.1, 0.15) is 27.2 Å². The quantitative estimate of drug-likeness (QED) is 0.361. The second kappa shape index (κ2) is 8.08.